The second kappa shape index (κ2) is 5.38. The minimum Gasteiger partial charge on any atom is -0.381 e. The van der Waals surface area contributed by atoms with Crippen LogP contribution in [0.2, 0.25) is 0 Å². The molecule has 0 aliphatic carbocycles. The lowest BCUT2D eigenvalue weighted by atomic mass is 9.93. The van der Waals surface area contributed by atoms with Gasteiger partial charge < -0.3 is 5.32 Å². The van der Waals surface area contributed by atoms with Crippen LogP contribution in [-0.2, 0) is 0 Å². The fourth-order valence-corrected chi connectivity index (χ4v) is 2.62. The van der Waals surface area contributed by atoms with Crippen molar-refractivity contribution in [2.75, 3.05) is 0 Å². The van der Waals surface area contributed by atoms with Crippen LogP contribution in [0.4, 0.5) is 0 Å². The predicted octanol–water partition coefficient (Wildman–Crippen LogP) is 4.55. The Bertz CT molecular complexity index is 665. The van der Waals surface area contributed by atoms with Crippen molar-refractivity contribution in [2.45, 2.75) is 19.9 Å². The summed E-state index contributed by atoms with van der Waals surface area (Å²) in [4.78, 5) is 0. The highest BCUT2D eigenvalue weighted by atomic mass is 14.9. The van der Waals surface area contributed by atoms with E-state index in [1.54, 1.807) is 0 Å². The summed E-state index contributed by atoms with van der Waals surface area (Å²) in [5.74, 6) is 0. The first-order valence-corrected chi connectivity index (χ1v) is 7.01. The summed E-state index contributed by atoms with van der Waals surface area (Å²) in [5, 5.41) is 3.45. The maximum absolute atomic E-state index is 3.45. The Morgan fingerprint density at radius 3 is 2.55 bits per heavy atom. The molecule has 0 aromatic heterocycles. The third-order valence-electron chi connectivity index (χ3n) is 3.76. The Morgan fingerprint density at radius 1 is 0.950 bits per heavy atom. The summed E-state index contributed by atoms with van der Waals surface area (Å²) in [6.07, 6.45) is 6.49. The molecule has 1 heterocycles. The second-order valence-corrected chi connectivity index (χ2v) is 5.33. The van der Waals surface area contributed by atoms with E-state index >= 15 is 0 Å². The molecule has 1 atom stereocenters. The van der Waals surface area contributed by atoms with Crippen LogP contribution in [0, 0.1) is 13.8 Å². The third-order valence-corrected chi connectivity index (χ3v) is 3.76. The zero-order valence-corrected chi connectivity index (χ0v) is 11.9. The maximum atomic E-state index is 3.45. The van der Waals surface area contributed by atoms with Crippen molar-refractivity contribution in [1.82, 2.24) is 5.32 Å². The van der Waals surface area contributed by atoms with Gasteiger partial charge in [-0.1, -0.05) is 54.1 Å². The molecule has 1 N–H and O–H groups in total. The monoisotopic (exact) mass is 261 g/mol. The van der Waals surface area contributed by atoms with Gasteiger partial charge in [0.1, 0.15) is 0 Å². The first-order valence-electron chi connectivity index (χ1n) is 7.01. The van der Waals surface area contributed by atoms with Gasteiger partial charge in [0.05, 0.1) is 6.04 Å². The minimum absolute atomic E-state index is 0.245. The van der Waals surface area contributed by atoms with Crippen LogP contribution >= 0.6 is 0 Å². The van der Waals surface area contributed by atoms with Crippen LogP contribution in [-0.4, -0.2) is 0 Å². The van der Waals surface area contributed by atoms with Gasteiger partial charge in [-0.25, -0.2) is 0 Å². The average molecular weight is 261 g/mol. The largest absolute Gasteiger partial charge is 0.381 e. The van der Waals surface area contributed by atoms with Gasteiger partial charge in [-0.3, -0.25) is 0 Å². The number of allylic oxidation sites excluding steroid dienone is 2. The zero-order chi connectivity index (χ0) is 13.9. The molecule has 2 aromatic carbocycles. The van der Waals surface area contributed by atoms with Crippen molar-refractivity contribution in [3.63, 3.8) is 0 Å². The van der Waals surface area contributed by atoms with Gasteiger partial charge in [-0.2, -0.15) is 0 Å². The van der Waals surface area contributed by atoms with E-state index in [-0.39, 0.29) is 6.04 Å². The molecule has 0 fully saturated rings. The molecule has 20 heavy (non-hydrogen) atoms. The molecule has 2 aromatic rings. The van der Waals surface area contributed by atoms with E-state index in [0.717, 1.165) is 0 Å². The number of dihydropyridines is 1. The number of hydrogen-bond acceptors (Lipinski definition) is 1. The van der Waals surface area contributed by atoms with Crippen LogP contribution in [0.1, 0.15) is 28.3 Å². The first-order chi connectivity index (χ1) is 9.74. The van der Waals surface area contributed by atoms with Gasteiger partial charge >= 0.3 is 0 Å². The number of rotatable bonds is 2. The Labute approximate surface area is 120 Å². The van der Waals surface area contributed by atoms with Gasteiger partial charge in [0, 0.05) is 0 Å². The summed E-state index contributed by atoms with van der Waals surface area (Å²) in [5.41, 5.74) is 6.52. The summed E-state index contributed by atoms with van der Waals surface area (Å²) < 4.78 is 0. The molecule has 100 valence electrons. The van der Waals surface area contributed by atoms with Gasteiger partial charge in [0.2, 0.25) is 0 Å². The van der Waals surface area contributed by atoms with Crippen molar-refractivity contribution in [3.8, 4) is 0 Å². The Balaban J connectivity index is 1.98. The van der Waals surface area contributed by atoms with E-state index in [1.807, 2.05) is 0 Å². The summed E-state index contributed by atoms with van der Waals surface area (Å²) in [6.45, 7) is 4.31. The highest BCUT2D eigenvalue weighted by molar-refractivity contribution is 5.75. The molecule has 0 bridgehead atoms. The van der Waals surface area contributed by atoms with E-state index in [9.17, 15) is 0 Å². The maximum Gasteiger partial charge on any atom is 0.0704 e. The van der Waals surface area contributed by atoms with Crippen LogP contribution in [0.25, 0.3) is 5.57 Å². The van der Waals surface area contributed by atoms with Crippen molar-refractivity contribution >= 4 is 5.57 Å². The number of benzene rings is 2. The van der Waals surface area contributed by atoms with Gasteiger partial charge in [-0.05, 0) is 54.5 Å². The number of hydrogen-bond donors (Lipinski definition) is 1. The van der Waals surface area contributed by atoms with Gasteiger partial charge in [-0.15, -0.1) is 0 Å². The molecule has 1 nitrogen and oxygen atoms in total. The van der Waals surface area contributed by atoms with Crippen molar-refractivity contribution in [3.05, 3.63) is 89.1 Å². The predicted molar refractivity (Wildman–Crippen MR) is 85.4 cm³/mol. The lowest BCUT2D eigenvalue weighted by molar-refractivity contribution is 0.743. The van der Waals surface area contributed by atoms with Crippen molar-refractivity contribution in [1.29, 1.82) is 0 Å². The molecule has 3 rings (SSSR count). The highest BCUT2D eigenvalue weighted by Crippen LogP contribution is 2.27. The topological polar surface area (TPSA) is 12.0 Å². The number of aryl methyl sites for hydroxylation is 2. The second-order valence-electron chi connectivity index (χ2n) is 5.33. The standard InChI is InChI=1S/C19H19N/c1-14-8-9-15(2)18(12-14)19-13-17(10-11-20-19)16-6-4-3-5-7-16/h3-13,19-20H,1-2H3. The van der Waals surface area contributed by atoms with Crippen molar-refractivity contribution in [2.24, 2.45) is 0 Å². The third kappa shape index (κ3) is 2.53. The van der Waals surface area contributed by atoms with Crippen LogP contribution in [0.5, 0.6) is 0 Å². The van der Waals surface area contributed by atoms with Crippen molar-refractivity contribution < 1.29 is 0 Å². The summed E-state index contributed by atoms with van der Waals surface area (Å²) >= 11 is 0. The molecular formula is C19H19N. The number of nitrogens with one attached hydrogen (secondary N) is 1. The van der Waals surface area contributed by atoms with E-state index in [4.69, 9.17) is 0 Å². The molecule has 0 spiro atoms. The van der Waals surface area contributed by atoms with E-state index in [1.165, 1.54) is 27.8 Å². The Hall–Kier alpha value is -2.28. The fraction of sp³-hybridized carbons (Fsp3) is 0.158. The Morgan fingerprint density at radius 2 is 1.75 bits per heavy atom. The smallest absolute Gasteiger partial charge is 0.0704 e. The van der Waals surface area contributed by atoms with Crippen LogP contribution < -0.4 is 5.32 Å². The lowest BCUT2D eigenvalue weighted by Crippen LogP contribution is -2.17. The fourth-order valence-electron chi connectivity index (χ4n) is 2.62. The van der Waals surface area contributed by atoms with Gasteiger partial charge in [0.25, 0.3) is 0 Å². The van der Waals surface area contributed by atoms with E-state index in [2.05, 4.69) is 86.0 Å². The Kier molecular flexibility index (Phi) is 3.42. The molecule has 1 aliphatic rings. The van der Waals surface area contributed by atoms with E-state index < -0.39 is 0 Å². The SMILES string of the molecule is Cc1ccc(C)c(C2C=C(c3ccccc3)C=CN2)c1. The zero-order valence-electron chi connectivity index (χ0n) is 11.9. The quantitative estimate of drug-likeness (QED) is 0.836. The summed E-state index contributed by atoms with van der Waals surface area (Å²) in [6, 6.07) is 17.4. The van der Waals surface area contributed by atoms with Crippen LogP contribution in [0.15, 0.2) is 66.9 Å². The average Bonchev–Trinajstić information content (AvgIpc) is 2.51. The van der Waals surface area contributed by atoms with Gasteiger partial charge in [0.15, 0.2) is 0 Å². The minimum atomic E-state index is 0.245. The lowest BCUT2D eigenvalue weighted by Gasteiger charge is -2.22. The molecule has 1 aliphatic heterocycles. The summed E-state index contributed by atoms with van der Waals surface area (Å²) in [7, 11) is 0. The molecular weight excluding hydrogens is 242 g/mol. The molecule has 1 heteroatoms. The normalized spacial score (nSPS) is 17.5. The molecule has 0 radical (unpaired) electrons. The highest BCUT2D eigenvalue weighted by Gasteiger charge is 2.14. The van der Waals surface area contributed by atoms with E-state index in [0.29, 0.717) is 0 Å². The molecule has 0 saturated carbocycles. The molecule has 1 unspecified atom stereocenters. The molecule has 0 saturated heterocycles. The van der Waals surface area contributed by atoms with Crippen LogP contribution in [0.3, 0.4) is 0 Å². The first kappa shape index (κ1) is 12.7. The molecule has 0 amide bonds.